The Morgan fingerprint density at radius 3 is 2.63 bits per heavy atom. The zero-order valence-corrected chi connectivity index (χ0v) is 19.3. The Labute approximate surface area is 186 Å². The molecule has 2 N–H and O–H groups in total. The molecule has 0 atom stereocenters. The number of carbonyl (C=O) groups excluding carboxylic acids is 1. The fourth-order valence-corrected chi connectivity index (χ4v) is 5.09. The Bertz CT molecular complexity index is 911. The van der Waals surface area contributed by atoms with Crippen LogP contribution in [0.4, 0.5) is 5.00 Å². The SMILES string of the molecule is CCOC(=O)c1c(NC(=S)NCc2ccc(OC)c(OC)c2)sc2c1CCCCC2. The molecule has 0 saturated heterocycles. The van der Waals surface area contributed by atoms with Crippen LogP contribution in [0.1, 0.15) is 52.5 Å². The van der Waals surface area contributed by atoms with E-state index >= 15 is 0 Å². The van der Waals surface area contributed by atoms with Gasteiger partial charge in [0, 0.05) is 11.4 Å². The summed E-state index contributed by atoms with van der Waals surface area (Å²) < 4.78 is 16.0. The standard InChI is InChI=1S/C22H28N2O4S2/c1-4-28-21(25)19-15-8-6-5-7-9-18(15)30-20(19)24-22(29)23-13-14-10-11-16(26-2)17(12-14)27-3/h10-12H,4-9,13H2,1-3H3,(H2,23,24,29). The minimum atomic E-state index is -0.276. The van der Waals surface area contributed by atoms with Crippen molar-refractivity contribution >= 4 is 39.6 Å². The Hall–Kier alpha value is -2.32. The van der Waals surface area contributed by atoms with E-state index in [1.165, 1.54) is 11.3 Å². The normalized spacial score (nSPS) is 13.0. The van der Waals surface area contributed by atoms with Gasteiger partial charge in [-0.3, -0.25) is 0 Å². The molecule has 1 aromatic carbocycles. The van der Waals surface area contributed by atoms with Crippen molar-refractivity contribution in [1.82, 2.24) is 5.32 Å². The van der Waals surface area contributed by atoms with Crippen LogP contribution >= 0.6 is 23.6 Å². The van der Waals surface area contributed by atoms with Crippen LogP contribution in [0.3, 0.4) is 0 Å². The molecule has 0 radical (unpaired) electrons. The monoisotopic (exact) mass is 448 g/mol. The summed E-state index contributed by atoms with van der Waals surface area (Å²) in [5, 5.41) is 7.67. The topological polar surface area (TPSA) is 68.8 Å². The average molecular weight is 449 g/mol. The van der Waals surface area contributed by atoms with Crippen LogP contribution in [-0.4, -0.2) is 31.9 Å². The Morgan fingerprint density at radius 1 is 1.13 bits per heavy atom. The van der Waals surface area contributed by atoms with Crippen LogP contribution in [0, 0.1) is 0 Å². The van der Waals surface area contributed by atoms with E-state index < -0.39 is 0 Å². The fraction of sp³-hybridized carbons (Fsp3) is 0.455. The molecule has 1 heterocycles. The van der Waals surface area contributed by atoms with Crippen LogP contribution in [0.15, 0.2) is 18.2 Å². The first-order chi connectivity index (χ1) is 14.6. The number of methoxy groups -OCH3 is 2. The van der Waals surface area contributed by atoms with Crippen molar-refractivity contribution < 1.29 is 19.0 Å². The van der Waals surface area contributed by atoms with Gasteiger partial charge in [0.1, 0.15) is 5.00 Å². The smallest absolute Gasteiger partial charge is 0.341 e. The van der Waals surface area contributed by atoms with Crippen LogP contribution in [-0.2, 0) is 24.1 Å². The first kappa shape index (κ1) is 22.4. The average Bonchev–Trinajstić information content (AvgIpc) is 2.92. The second kappa shape index (κ2) is 10.6. The Morgan fingerprint density at radius 2 is 1.90 bits per heavy atom. The van der Waals surface area contributed by atoms with Crippen molar-refractivity contribution in [2.45, 2.75) is 45.6 Å². The minimum Gasteiger partial charge on any atom is -0.493 e. The number of aryl methyl sites for hydroxylation is 1. The van der Waals surface area contributed by atoms with Gasteiger partial charge < -0.3 is 24.8 Å². The minimum absolute atomic E-state index is 0.276. The van der Waals surface area contributed by atoms with E-state index in [0.29, 0.717) is 35.3 Å². The van der Waals surface area contributed by atoms with Crippen molar-refractivity contribution in [1.29, 1.82) is 0 Å². The van der Waals surface area contributed by atoms with E-state index in [9.17, 15) is 4.79 Å². The molecule has 1 aliphatic carbocycles. The summed E-state index contributed by atoms with van der Waals surface area (Å²) in [7, 11) is 3.22. The van der Waals surface area contributed by atoms with Crippen LogP contribution in [0.2, 0.25) is 0 Å². The van der Waals surface area contributed by atoms with Crippen LogP contribution < -0.4 is 20.1 Å². The fourth-order valence-electron chi connectivity index (χ4n) is 3.57. The number of thiophene rings is 1. The molecule has 8 heteroatoms. The maximum absolute atomic E-state index is 12.7. The number of esters is 1. The maximum Gasteiger partial charge on any atom is 0.341 e. The van der Waals surface area contributed by atoms with Crippen molar-refractivity contribution in [2.24, 2.45) is 0 Å². The molecule has 0 fully saturated rings. The van der Waals surface area contributed by atoms with E-state index in [4.69, 9.17) is 26.4 Å². The predicted octanol–water partition coefficient (Wildman–Crippen LogP) is 4.70. The first-order valence-electron chi connectivity index (χ1n) is 10.1. The lowest BCUT2D eigenvalue weighted by atomic mass is 10.1. The third-order valence-corrected chi connectivity index (χ3v) is 6.48. The Balaban J connectivity index is 1.72. The molecule has 1 aliphatic rings. The molecule has 0 aliphatic heterocycles. The summed E-state index contributed by atoms with van der Waals surface area (Å²) in [6.07, 6.45) is 5.35. The molecule has 0 spiro atoms. The van der Waals surface area contributed by atoms with Crippen molar-refractivity contribution in [3.63, 3.8) is 0 Å². The quantitative estimate of drug-likeness (QED) is 0.362. The van der Waals surface area contributed by atoms with Gasteiger partial charge >= 0.3 is 5.97 Å². The number of hydrogen-bond donors (Lipinski definition) is 2. The number of carbonyl (C=O) groups is 1. The van der Waals surface area contributed by atoms with Gasteiger partial charge in [-0.2, -0.15) is 0 Å². The van der Waals surface area contributed by atoms with Gasteiger partial charge in [0.15, 0.2) is 16.6 Å². The van der Waals surface area contributed by atoms with Gasteiger partial charge in [0.05, 0.1) is 26.4 Å². The molecule has 2 aromatic rings. The lowest BCUT2D eigenvalue weighted by Crippen LogP contribution is -2.28. The third kappa shape index (κ3) is 5.23. The molecule has 0 saturated carbocycles. The number of nitrogens with one attached hydrogen (secondary N) is 2. The second-order valence-electron chi connectivity index (χ2n) is 6.99. The highest BCUT2D eigenvalue weighted by Gasteiger charge is 2.26. The molecule has 0 amide bonds. The molecule has 162 valence electrons. The zero-order chi connectivity index (χ0) is 21.5. The summed E-state index contributed by atoms with van der Waals surface area (Å²) in [5.74, 6) is 1.07. The molecule has 0 bridgehead atoms. The Kier molecular flexibility index (Phi) is 7.93. The van der Waals surface area contributed by atoms with E-state index in [1.807, 2.05) is 25.1 Å². The van der Waals surface area contributed by atoms with E-state index in [0.717, 1.165) is 41.8 Å². The van der Waals surface area contributed by atoms with E-state index in [1.54, 1.807) is 25.6 Å². The van der Waals surface area contributed by atoms with Gasteiger partial charge in [0.25, 0.3) is 0 Å². The third-order valence-electron chi connectivity index (χ3n) is 5.03. The lowest BCUT2D eigenvalue weighted by molar-refractivity contribution is 0.0527. The number of ether oxygens (including phenoxy) is 3. The van der Waals surface area contributed by atoms with Gasteiger partial charge in [0.2, 0.25) is 0 Å². The lowest BCUT2D eigenvalue weighted by Gasteiger charge is -2.13. The molecule has 0 unspecified atom stereocenters. The van der Waals surface area contributed by atoms with Gasteiger partial charge in [-0.25, -0.2) is 4.79 Å². The molecule has 3 rings (SSSR count). The second-order valence-corrected chi connectivity index (χ2v) is 8.50. The van der Waals surface area contributed by atoms with E-state index in [2.05, 4.69) is 10.6 Å². The zero-order valence-electron chi connectivity index (χ0n) is 17.6. The number of anilines is 1. The highest BCUT2D eigenvalue weighted by atomic mass is 32.1. The molecule has 30 heavy (non-hydrogen) atoms. The van der Waals surface area contributed by atoms with Gasteiger partial charge in [-0.1, -0.05) is 12.5 Å². The number of hydrogen-bond acceptors (Lipinski definition) is 6. The number of thiocarbonyl (C=S) groups is 1. The van der Waals surface area contributed by atoms with Gasteiger partial charge in [-0.15, -0.1) is 11.3 Å². The van der Waals surface area contributed by atoms with Crippen molar-refractivity contribution in [3.05, 3.63) is 39.8 Å². The molecule has 6 nitrogen and oxygen atoms in total. The van der Waals surface area contributed by atoms with Crippen molar-refractivity contribution in [3.8, 4) is 11.5 Å². The summed E-state index contributed by atoms with van der Waals surface area (Å²) in [6.45, 7) is 2.70. The molecular weight excluding hydrogens is 420 g/mol. The summed E-state index contributed by atoms with van der Waals surface area (Å²) in [5.41, 5.74) is 2.78. The number of fused-ring (bicyclic) bond motifs is 1. The predicted molar refractivity (Wildman–Crippen MR) is 124 cm³/mol. The first-order valence-corrected chi connectivity index (χ1v) is 11.4. The highest BCUT2D eigenvalue weighted by molar-refractivity contribution is 7.80. The summed E-state index contributed by atoms with van der Waals surface area (Å²) >= 11 is 7.11. The summed E-state index contributed by atoms with van der Waals surface area (Å²) in [4.78, 5) is 13.9. The maximum atomic E-state index is 12.7. The van der Waals surface area contributed by atoms with Gasteiger partial charge in [-0.05, 0) is 68.1 Å². The van der Waals surface area contributed by atoms with Crippen molar-refractivity contribution in [2.75, 3.05) is 26.1 Å². The van der Waals surface area contributed by atoms with Crippen LogP contribution in [0.25, 0.3) is 0 Å². The van der Waals surface area contributed by atoms with Crippen LogP contribution in [0.5, 0.6) is 11.5 Å². The molecular formula is C22H28N2O4S2. The number of benzene rings is 1. The van der Waals surface area contributed by atoms with E-state index in [-0.39, 0.29) is 5.97 Å². The molecule has 1 aromatic heterocycles. The highest BCUT2D eigenvalue weighted by Crippen LogP contribution is 2.38. The largest absolute Gasteiger partial charge is 0.493 e. The number of rotatable bonds is 7. The summed E-state index contributed by atoms with van der Waals surface area (Å²) in [6, 6.07) is 5.72.